The van der Waals surface area contributed by atoms with Crippen molar-refractivity contribution in [1.82, 2.24) is 4.90 Å². The molecule has 0 amide bonds. The smallest absolute Gasteiger partial charge is 0.393 e. The molecule has 5 atom stereocenters. The fourth-order valence-electron chi connectivity index (χ4n) is 5.72. The molecule has 3 fully saturated rings. The minimum Gasteiger partial charge on any atom is -0.409 e. The predicted molar refractivity (Wildman–Crippen MR) is 108 cm³/mol. The molecule has 5 rings (SSSR count). The topological polar surface area (TPSA) is 73.9 Å². The second-order valence-electron chi connectivity index (χ2n) is 8.87. The lowest BCUT2D eigenvalue weighted by Crippen LogP contribution is -2.67. The Morgan fingerprint density at radius 3 is 2.87 bits per heavy atom. The number of thiophene rings is 1. The number of anilines is 1. The third-order valence-corrected chi connectivity index (χ3v) is 8.26. The number of amidine groups is 1. The van der Waals surface area contributed by atoms with E-state index < -0.39 is 18.8 Å². The maximum Gasteiger partial charge on any atom is 0.393 e. The van der Waals surface area contributed by atoms with Crippen molar-refractivity contribution in [3.8, 4) is 0 Å². The van der Waals surface area contributed by atoms with E-state index in [1.165, 1.54) is 0 Å². The second kappa shape index (κ2) is 6.46. The van der Waals surface area contributed by atoms with Gasteiger partial charge in [-0.15, -0.1) is 11.3 Å². The van der Waals surface area contributed by atoms with E-state index in [1.54, 1.807) is 18.2 Å². The SMILES string of the molecule is CC12CC3CN1C(C2)[C@H](F)[C@@H]3Nc1cccc2c(CC(F)(F)F)c(/C(N)=N/O)sc12. The number of benzene rings is 1. The highest BCUT2D eigenvalue weighted by Gasteiger charge is 2.64. The third-order valence-electron chi connectivity index (χ3n) is 6.95. The maximum absolute atomic E-state index is 15.2. The summed E-state index contributed by atoms with van der Waals surface area (Å²) in [5, 5.41) is 15.7. The first-order chi connectivity index (χ1) is 14.1. The number of nitrogens with two attached hydrogens (primary N) is 1. The van der Waals surface area contributed by atoms with Gasteiger partial charge in [-0.3, -0.25) is 4.90 Å². The van der Waals surface area contributed by atoms with Crippen molar-refractivity contribution in [2.75, 3.05) is 11.9 Å². The van der Waals surface area contributed by atoms with Crippen molar-refractivity contribution in [2.45, 2.75) is 56.2 Å². The Hall–Kier alpha value is -2.07. The lowest BCUT2D eigenvalue weighted by Gasteiger charge is -2.55. The van der Waals surface area contributed by atoms with Gasteiger partial charge in [0.2, 0.25) is 0 Å². The summed E-state index contributed by atoms with van der Waals surface area (Å²) in [6.45, 7) is 3.01. The van der Waals surface area contributed by atoms with Crippen LogP contribution in [-0.4, -0.2) is 52.5 Å². The van der Waals surface area contributed by atoms with Crippen LogP contribution < -0.4 is 11.1 Å². The molecule has 4 N–H and O–H groups in total. The number of halogens is 4. The summed E-state index contributed by atoms with van der Waals surface area (Å²) in [6.07, 6.45) is -4.91. The molecule has 2 bridgehead atoms. The van der Waals surface area contributed by atoms with E-state index in [9.17, 15) is 13.2 Å². The third kappa shape index (κ3) is 2.87. The number of rotatable bonds is 4. The summed E-state index contributed by atoms with van der Waals surface area (Å²) < 4.78 is 55.4. The summed E-state index contributed by atoms with van der Waals surface area (Å²) in [7, 11) is 0. The van der Waals surface area contributed by atoms with Crippen LogP contribution in [0.4, 0.5) is 23.2 Å². The van der Waals surface area contributed by atoms with Gasteiger partial charge in [-0.1, -0.05) is 17.3 Å². The van der Waals surface area contributed by atoms with Crippen LogP contribution in [-0.2, 0) is 6.42 Å². The van der Waals surface area contributed by atoms with Gasteiger partial charge in [0.15, 0.2) is 5.84 Å². The molecule has 1 aromatic carbocycles. The van der Waals surface area contributed by atoms with E-state index in [-0.39, 0.29) is 39.8 Å². The molecule has 3 saturated heterocycles. The van der Waals surface area contributed by atoms with Crippen molar-refractivity contribution < 1.29 is 22.8 Å². The van der Waals surface area contributed by atoms with E-state index in [1.807, 2.05) is 0 Å². The second-order valence-corrected chi connectivity index (χ2v) is 9.89. The van der Waals surface area contributed by atoms with Gasteiger partial charge in [-0.2, -0.15) is 13.2 Å². The summed E-state index contributed by atoms with van der Waals surface area (Å²) >= 11 is 1.03. The lowest BCUT2D eigenvalue weighted by atomic mass is 9.80. The minimum absolute atomic E-state index is 0.0243. The molecular formula is C20H22F4N4OS. The molecule has 4 heterocycles. The Morgan fingerprint density at radius 1 is 1.40 bits per heavy atom. The molecule has 30 heavy (non-hydrogen) atoms. The fourth-order valence-corrected chi connectivity index (χ4v) is 6.91. The summed E-state index contributed by atoms with van der Waals surface area (Å²) in [4.78, 5) is 2.34. The average molecular weight is 442 g/mol. The average Bonchev–Trinajstić information content (AvgIpc) is 3.09. The Kier molecular flexibility index (Phi) is 4.28. The number of piperidine rings is 1. The van der Waals surface area contributed by atoms with Gasteiger partial charge in [0.05, 0.1) is 27.7 Å². The standard InChI is InChI=1S/C20H22F4N4OS/c1-19-5-9-8-28(19)13(7-19)14(21)15(9)26-12-4-2-3-10-11(6-20(22,23)24)17(18(25)27-29)30-16(10)12/h2-4,9,13-15,26,29H,5-8H2,1H3,(H2,25,27)/t9?,13?,14-,15+,19?/m0/s1. The maximum atomic E-state index is 15.2. The van der Waals surface area contributed by atoms with Gasteiger partial charge >= 0.3 is 6.18 Å². The predicted octanol–water partition coefficient (Wildman–Crippen LogP) is 4.09. The van der Waals surface area contributed by atoms with Crippen LogP contribution in [0.15, 0.2) is 23.4 Å². The Balaban J connectivity index is 1.54. The van der Waals surface area contributed by atoms with Gasteiger partial charge in [-0.25, -0.2) is 4.39 Å². The fraction of sp³-hybridized carbons (Fsp3) is 0.550. The Bertz CT molecular complexity index is 1040. The number of oxime groups is 1. The van der Waals surface area contributed by atoms with Crippen LogP contribution in [0, 0.1) is 5.92 Å². The number of fused-ring (bicyclic) bond motifs is 2. The minimum atomic E-state index is -4.45. The van der Waals surface area contributed by atoms with Crippen LogP contribution in [0.1, 0.15) is 30.2 Å². The van der Waals surface area contributed by atoms with Crippen LogP contribution in [0.25, 0.3) is 10.1 Å². The van der Waals surface area contributed by atoms with E-state index in [2.05, 4.69) is 22.3 Å². The first-order valence-corrected chi connectivity index (χ1v) is 10.7. The molecule has 3 unspecified atom stereocenters. The van der Waals surface area contributed by atoms with E-state index in [0.29, 0.717) is 15.8 Å². The Labute approximate surface area is 174 Å². The van der Waals surface area contributed by atoms with Crippen molar-refractivity contribution in [3.05, 3.63) is 28.6 Å². The molecule has 2 aromatic rings. The number of alkyl halides is 4. The monoisotopic (exact) mass is 442 g/mol. The molecule has 162 valence electrons. The largest absolute Gasteiger partial charge is 0.409 e. The highest BCUT2D eigenvalue weighted by atomic mass is 32.1. The number of hydrogen-bond donors (Lipinski definition) is 3. The zero-order valence-corrected chi connectivity index (χ0v) is 17.0. The quantitative estimate of drug-likeness (QED) is 0.219. The number of nitrogens with zero attached hydrogens (tertiary/aromatic N) is 2. The zero-order valence-electron chi connectivity index (χ0n) is 16.2. The lowest BCUT2D eigenvalue weighted by molar-refractivity contribution is -0.126. The van der Waals surface area contributed by atoms with E-state index in [0.717, 1.165) is 30.7 Å². The summed E-state index contributed by atoms with van der Waals surface area (Å²) in [5.74, 6) is -0.209. The highest BCUT2D eigenvalue weighted by molar-refractivity contribution is 7.21. The van der Waals surface area contributed by atoms with Gasteiger partial charge < -0.3 is 16.3 Å². The van der Waals surface area contributed by atoms with E-state index in [4.69, 9.17) is 10.9 Å². The Morgan fingerprint density at radius 2 is 2.17 bits per heavy atom. The van der Waals surface area contributed by atoms with Crippen LogP contribution in [0.2, 0.25) is 0 Å². The molecule has 0 aliphatic carbocycles. The zero-order chi connectivity index (χ0) is 21.4. The van der Waals surface area contributed by atoms with E-state index >= 15 is 4.39 Å². The molecule has 3 aliphatic rings. The summed E-state index contributed by atoms with van der Waals surface area (Å²) in [6, 6.07) is 4.52. The van der Waals surface area contributed by atoms with Crippen LogP contribution in [0.5, 0.6) is 0 Å². The molecule has 0 spiro atoms. The number of hydrogen-bond acceptors (Lipinski definition) is 5. The molecular weight excluding hydrogens is 420 g/mol. The van der Waals surface area contributed by atoms with Crippen molar-refractivity contribution in [2.24, 2.45) is 16.8 Å². The first kappa shape index (κ1) is 19.9. The first-order valence-electron chi connectivity index (χ1n) is 9.88. The van der Waals surface area contributed by atoms with Gasteiger partial charge in [0.25, 0.3) is 0 Å². The molecule has 3 aliphatic heterocycles. The molecule has 1 aromatic heterocycles. The number of nitrogens with one attached hydrogen (secondary N) is 1. The van der Waals surface area contributed by atoms with Crippen LogP contribution in [0.3, 0.4) is 0 Å². The highest BCUT2D eigenvalue weighted by Crippen LogP contribution is 2.55. The summed E-state index contributed by atoms with van der Waals surface area (Å²) in [5.41, 5.74) is 6.32. The van der Waals surface area contributed by atoms with Crippen molar-refractivity contribution in [1.29, 1.82) is 0 Å². The van der Waals surface area contributed by atoms with Crippen molar-refractivity contribution >= 4 is 32.9 Å². The molecule has 5 nitrogen and oxygen atoms in total. The van der Waals surface area contributed by atoms with Gasteiger partial charge in [-0.05, 0) is 42.7 Å². The van der Waals surface area contributed by atoms with Crippen molar-refractivity contribution in [3.63, 3.8) is 0 Å². The normalized spacial score (nSPS) is 33.7. The molecule has 10 heteroatoms. The van der Waals surface area contributed by atoms with Crippen LogP contribution >= 0.6 is 11.3 Å². The molecule has 0 saturated carbocycles. The van der Waals surface area contributed by atoms with Gasteiger partial charge in [0, 0.05) is 18.1 Å². The van der Waals surface area contributed by atoms with Gasteiger partial charge in [0.1, 0.15) is 6.17 Å². The molecule has 0 radical (unpaired) electrons.